The van der Waals surface area contributed by atoms with E-state index in [0.717, 1.165) is 12.8 Å². The van der Waals surface area contributed by atoms with Crippen LogP contribution in [0.5, 0.6) is 0 Å². The number of ether oxygens (including phenoxy) is 1. The zero-order valence-corrected chi connectivity index (χ0v) is 11.0. The maximum Gasteiger partial charge on any atom is 0.326 e. The summed E-state index contributed by atoms with van der Waals surface area (Å²) >= 11 is 0. The number of carboxylic acids is 1. The van der Waals surface area contributed by atoms with Crippen molar-refractivity contribution in [1.29, 1.82) is 0 Å². The van der Waals surface area contributed by atoms with E-state index in [9.17, 15) is 9.59 Å². The number of rotatable bonds is 4. The Bertz CT molecular complexity index is 340. The molecule has 5 heteroatoms. The van der Waals surface area contributed by atoms with Crippen LogP contribution >= 0.6 is 0 Å². The first kappa shape index (κ1) is 13.3. The highest BCUT2D eigenvalue weighted by Gasteiger charge is 2.41. The molecule has 0 aromatic heterocycles. The second-order valence-corrected chi connectivity index (χ2v) is 5.39. The molecule has 2 aliphatic rings. The summed E-state index contributed by atoms with van der Waals surface area (Å²) in [4.78, 5) is 25.2. The van der Waals surface area contributed by atoms with Gasteiger partial charge in [-0.25, -0.2) is 4.79 Å². The number of hydrogen-bond donors (Lipinski definition) is 1. The van der Waals surface area contributed by atoms with Gasteiger partial charge in [0.15, 0.2) is 0 Å². The van der Waals surface area contributed by atoms with E-state index in [-0.39, 0.29) is 24.0 Å². The molecule has 0 bridgehead atoms. The van der Waals surface area contributed by atoms with Crippen molar-refractivity contribution in [1.82, 2.24) is 4.90 Å². The van der Waals surface area contributed by atoms with Crippen LogP contribution in [0.25, 0.3) is 0 Å². The Morgan fingerprint density at radius 1 is 1.33 bits per heavy atom. The molecule has 0 spiro atoms. The molecule has 1 heterocycles. The van der Waals surface area contributed by atoms with Crippen LogP contribution in [-0.4, -0.2) is 46.7 Å². The molecule has 3 unspecified atom stereocenters. The fourth-order valence-corrected chi connectivity index (χ4v) is 2.59. The molecule has 18 heavy (non-hydrogen) atoms. The van der Waals surface area contributed by atoms with Crippen molar-refractivity contribution < 1.29 is 19.4 Å². The van der Waals surface area contributed by atoms with Gasteiger partial charge < -0.3 is 14.7 Å². The summed E-state index contributed by atoms with van der Waals surface area (Å²) in [5.41, 5.74) is 0. The van der Waals surface area contributed by atoms with Crippen LogP contribution in [0.2, 0.25) is 0 Å². The molecule has 1 amide bonds. The molecular formula is C13H21NO4. The lowest BCUT2D eigenvalue weighted by molar-refractivity contribution is -0.154. The smallest absolute Gasteiger partial charge is 0.326 e. The second kappa shape index (κ2) is 5.26. The zero-order valence-electron chi connectivity index (χ0n) is 11.0. The number of amides is 1. The Hall–Kier alpha value is -1.10. The van der Waals surface area contributed by atoms with Gasteiger partial charge in [0.05, 0.1) is 6.10 Å². The van der Waals surface area contributed by atoms with Gasteiger partial charge in [0.2, 0.25) is 5.91 Å². The summed E-state index contributed by atoms with van der Waals surface area (Å²) < 4.78 is 5.43. The average Bonchev–Trinajstić information content (AvgIpc) is 3.13. The standard InChI is InChI=1S/C13H21NO4/c1-8-7-10(5-6-18-8)12(15)14(11-3-4-11)9(2)13(16)17/h8-11H,3-7H2,1-2H3,(H,16,17). The van der Waals surface area contributed by atoms with Gasteiger partial charge in [-0.15, -0.1) is 0 Å². The van der Waals surface area contributed by atoms with Gasteiger partial charge in [-0.05, 0) is 39.5 Å². The van der Waals surface area contributed by atoms with E-state index in [0.29, 0.717) is 19.4 Å². The second-order valence-electron chi connectivity index (χ2n) is 5.39. The molecule has 2 rings (SSSR count). The van der Waals surface area contributed by atoms with E-state index in [1.807, 2.05) is 6.92 Å². The van der Waals surface area contributed by atoms with Crippen molar-refractivity contribution in [3.8, 4) is 0 Å². The largest absolute Gasteiger partial charge is 0.480 e. The van der Waals surface area contributed by atoms with E-state index in [1.165, 1.54) is 0 Å². The fourth-order valence-electron chi connectivity index (χ4n) is 2.59. The molecule has 102 valence electrons. The van der Waals surface area contributed by atoms with Crippen molar-refractivity contribution >= 4 is 11.9 Å². The van der Waals surface area contributed by atoms with Crippen molar-refractivity contribution in [2.75, 3.05) is 6.61 Å². The third-order valence-corrected chi connectivity index (χ3v) is 3.80. The summed E-state index contributed by atoms with van der Waals surface area (Å²) in [5.74, 6) is -0.992. The number of carboxylic acid groups (broad SMARTS) is 1. The molecule has 5 nitrogen and oxygen atoms in total. The molecule has 1 N–H and O–H groups in total. The number of hydrogen-bond acceptors (Lipinski definition) is 3. The fraction of sp³-hybridized carbons (Fsp3) is 0.846. The molecule has 1 saturated carbocycles. The first-order valence-electron chi connectivity index (χ1n) is 6.67. The van der Waals surface area contributed by atoms with Crippen molar-refractivity contribution in [2.24, 2.45) is 5.92 Å². The molecule has 1 aliphatic carbocycles. The quantitative estimate of drug-likeness (QED) is 0.821. The molecule has 1 aliphatic heterocycles. The number of carbonyl (C=O) groups excluding carboxylic acids is 1. The highest BCUT2D eigenvalue weighted by molar-refractivity contribution is 5.85. The van der Waals surface area contributed by atoms with Crippen LogP contribution in [-0.2, 0) is 14.3 Å². The van der Waals surface area contributed by atoms with Gasteiger partial charge in [0, 0.05) is 18.6 Å². The van der Waals surface area contributed by atoms with E-state index in [4.69, 9.17) is 9.84 Å². The summed E-state index contributed by atoms with van der Waals surface area (Å²) in [6.45, 7) is 4.15. The molecule has 0 radical (unpaired) electrons. The van der Waals surface area contributed by atoms with E-state index in [1.54, 1.807) is 11.8 Å². The lowest BCUT2D eigenvalue weighted by Crippen LogP contribution is -2.48. The van der Waals surface area contributed by atoms with Crippen LogP contribution < -0.4 is 0 Å². The lowest BCUT2D eigenvalue weighted by Gasteiger charge is -2.33. The van der Waals surface area contributed by atoms with Crippen LogP contribution in [0.1, 0.15) is 39.5 Å². The minimum absolute atomic E-state index is 0.00236. The minimum atomic E-state index is -0.921. The molecule has 1 saturated heterocycles. The lowest BCUT2D eigenvalue weighted by atomic mass is 9.94. The summed E-state index contributed by atoms with van der Waals surface area (Å²) in [6.07, 6.45) is 3.37. The van der Waals surface area contributed by atoms with Gasteiger partial charge in [-0.2, -0.15) is 0 Å². The Labute approximate surface area is 107 Å². The Morgan fingerprint density at radius 3 is 2.50 bits per heavy atom. The Kier molecular flexibility index (Phi) is 3.90. The van der Waals surface area contributed by atoms with Gasteiger partial charge in [0.25, 0.3) is 0 Å². The zero-order chi connectivity index (χ0) is 13.3. The Morgan fingerprint density at radius 2 is 2.00 bits per heavy atom. The summed E-state index contributed by atoms with van der Waals surface area (Å²) in [5, 5.41) is 9.11. The molecule has 2 fully saturated rings. The third kappa shape index (κ3) is 2.83. The van der Waals surface area contributed by atoms with Gasteiger partial charge in [0.1, 0.15) is 6.04 Å². The maximum absolute atomic E-state index is 12.5. The monoisotopic (exact) mass is 255 g/mol. The van der Waals surface area contributed by atoms with Crippen LogP contribution in [0.4, 0.5) is 0 Å². The van der Waals surface area contributed by atoms with Gasteiger partial charge in [-0.3, -0.25) is 4.79 Å². The SMILES string of the molecule is CC1CC(C(=O)N(C2CC2)C(C)C(=O)O)CCO1. The predicted molar refractivity (Wildman–Crippen MR) is 65.1 cm³/mol. The molecular weight excluding hydrogens is 234 g/mol. The normalized spacial score (nSPS) is 29.7. The van der Waals surface area contributed by atoms with Crippen molar-refractivity contribution in [3.05, 3.63) is 0 Å². The van der Waals surface area contributed by atoms with E-state index in [2.05, 4.69) is 0 Å². The van der Waals surface area contributed by atoms with Gasteiger partial charge in [-0.1, -0.05) is 0 Å². The van der Waals surface area contributed by atoms with Crippen molar-refractivity contribution in [3.63, 3.8) is 0 Å². The van der Waals surface area contributed by atoms with Gasteiger partial charge >= 0.3 is 5.97 Å². The maximum atomic E-state index is 12.5. The molecule has 0 aromatic carbocycles. The third-order valence-electron chi connectivity index (χ3n) is 3.80. The summed E-state index contributed by atoms with van der Waals surface area (Å²) in [6, 6.07) is -0.579. The van der Waals surface area contributed by atoms with E-state index < -0.39 is 12.0 Å². The Balaban J connectivity index is 2.05. The topological polar surface area (TPSA) is 66.8 Å². The highest BCUT2D eigenvalue weighted by Crippen LogP contribution is 2.32. The van der Waals surface area contributed by atoms with Crippen molar-refractivity contribution in [2.45, 2.75) is 57.7 Å². The minimum Gasteiger partial charge on any atom is -0.480 e. The number of aliphatic carboxylic acids is 1. The molecule has 3 atom stereocenters. The first-order valence-corrected chi connectivity index (χ1v) is 6.67. The highest BCUT2D eigenvalue weighted by atomic mass is 16.5. The van der Waals surface area contributed by atoms with Crippen LogP contribution in [0.3, 0.4) is 0 Å². The number of carbonyl (C=O) groups is 2. The first-order chi connectivity index (χ1) is 8.50. The predicted octanol–water partition coefficient (Wildman–Crippen LogP) is 1.27. The van der Waals surface area contributed by atoms with Crippen LogP contribution in [0, 0.1) is 5.92 Å². The average molecular weight is 255 g/mol. The summed E-state index contributed by atoms with van der Waals surface area (Å²) in [7, 11) is 0. The number of nitrogens with zero attached hydrogens (tertiary/aromatic N) is 1. The van der Waals surface area contributed by atoms with Crippen LogP contribution in [0.15, 0.2) is 0 Å². The van der Waals surface area contributed by atoms with E-state index >= 15 is 0 Å². The molecule has 0 aromatic rings.